The molecule has 3 heteroatoms. The molecular weight excluding hydrogens is 831 g/mol. The van der Waals surface area contributed by atoms with Crippen LogP contribution in [0.25, 0.3) is 16.9 Å². The minimum absolute atomic E-state index is 0. The summed E-state index contributed by atoms with van der Waals surface area (Å²) in [6, 6.07) is 14.9. The zero-order valence-electron chi connectivity index (χ0n) is 41.7. The van der Waals surface area contributed by atoms with Crippen LogP contribution in [0.5, 0.6) is 0 Å². The molecule has 0 amide bonds. The van der Waals surface area contributed by atoms with E-state index in [9.17, 15) is 5.53 Å². The van der Waals surface area contributed by atoms with Crippen molar-refractivity contribution in [3.05, 3.63) is 101 Å². The Kier molecular flexibility index (Phi) is 36.4. The second-order valence-corrected chi connectivity index (χ2v) is 18.3. The van der Waals surface area contributed by atoms with Gasteiger partial charge >= 0.3 is 20.4 Å². The molecule has 0 radical (unpaired) electrons. The molecule has 1 heterocycles. The van der Waals surface area contributed by atoms with Crippen molar-refractivity contribution in [1.82, 2.24) is 0 Å². The molecule has 0 unspecified atom stereocenters. The van der Waals surface area contributed by atoms with Crippen LogP contribution in [0.2, 0.25) is 0 Å². The van der Waals surface area contributed by atoms with E-state index >= 15 is 0 Å². The van der Waals surface area contributed by atoms with E-state index in [1.807, 2.05) is 0 Å². The molecule has 0 saturated carbocycles. The van der Waals surface area contributed by atoms with Crippen LogP contribution in [0.1, 0.15) is 268 Å². The Balaban J connectivity index is 0.0000120. The first-order valence-electron chi connectivity index (χ1n) is 25.7. The van der Waals surface area contributed by atoms with Gasteiger partial charge in [0.2, 0.25) is 11.4 Å². The zero-order chi connectivity index (χ0) is 41.6. The maximum atomic E-state index is 12.8. The van der Waals surface area contributed by atoms with Crippen molar-refractivity contribution in [2.45, 2.75) is 260 Å². The van der Waals surface area contributed by atoms with E-state index in [0.29, 0.717) is 0 Å². The van der Waals surface area contributed by atoms with E-state index in [0.717, 1.165) is 75.6 Å². The molecule has 350 valence electrons. The zero-order valence-corrected chi connectivity index (χ0v) is 43.3. The largest absolute Gasteiger partial charge is 2.00 e. The van der Waals surface area contributed by atoms with Crippen LogP contribution < -0.4 is 0 Å². The van der Waals surface area contributed by atoms with Gasteiger partial charge in [-0.15, -0.1) is 0 Å². The van der Waals surface area contributed by atoms with Gasteiger partial charge in [-0.25, -0.2) is 4.70 Å². The standard InChI is InChI=1S/C56H92N2.2CH3.Pd/c1-7-13-19-23-27-31-35-47-41-48(36-32-28-24-20-14-8-2)44-51(43-47)55-53(39-17-11-5)54(40-18-12-6)56(58(55)57)52-45-49(37-33-29-25-21-15-9-3)42-50(46-52)38-34-30-26-22-16-10-4;;;/h41-46H,7-40H2,1-6H3;2*1H3;/q;2*-1;+2. The number of benzene rings is 2. The molecule has 0 spiro atoms. The van der Waals surface area contributed by atoms with Gasteiger partial charge in [-0.1, -0.05) is 195 Å². The summed E-state index contributed by atoms with van der Waals surface area (Å²) in [6.07, 6.45) is 43.0. The summed E-state index contributed by atoms with van der Waals surface area (Å²) in [5, 5.41) is 0. The number of rotatable bonds is 36. The number of aryl methyl sites for hydroxylation is 4. The molecule has 1 aliphatic rings. The first-order chi connectivity index (χ1) is 28.5. The molecular formula is C58H98N2Pd. The van der Waals surface area contributed by atoms with Crippen LogP contribution in [-0.4, -0.2) is 4.70 Å². The van der Waals surface area contributed by atoms with Crippen molar-refractivity contribution in [2.24, 2.45) is 0 Å². The third-order valence-corrected chi connectivity index (χ3v) is 12.8. The van der Waals surface area contributed by atoms with Gasteiger partial charge in [0.15, 0.2) is 0 Å². The second-order valence-electron chi connectivity index (χ2n) is 18.3. The van der Waals surface area contributed by atoms with Gasteiger partial charge in [0, 0.05) is 22.3 Å². The van der Waals surface area contributed by atoms with Crippen LogP contribution in [0.15, 0.2) is 47.5 Å². The average molecular weight is 930 g/mol. The molecule has 61 heavy (non-hydrogen) atoms. The third kappa shape index (κ3) is 22.6. The van der Waals surface area contributed by atoms with Gasteiger partial charge in [0.25, 0.3) is 0 Å². The Labute approximate surface area is 395 Å². The van der Waals surface area contributed by atoms with E-state index in [1.54, 1.807) is 4.70 Å². The number of hydrogen-bond donors (Lipinski definition) is 0. The number of hydrogen-bond acceptors (Lipinski definition) is 0. The number of unbranched alkanes of at least 4 members (excludes halogenated alkanes) is 22. The molecule has 2 aromatic rings. The van der Waals surface area contributed by atoms with E-state index in [2.05, 4.69) is 77.9 Å². The Morgan fingerprint density at radius 2 is 0.541 bits per heavy atom. The van der Waals surface area contributed by atoms with Crippen molar-refractivity contribution in [3.8, 4) is 0 Å². The molecule has 3 rings (SSSR count). The molecule has 0 saturated heterocycles. The minimum atomic E-state index is 0. The average Bonchev–Trinajstić information content (AvgIpc) is 3.51. The van der Waals surface area contributed by atoms with E-state index in [1.165, 1.54) is 199 Å². The quantitative estimate of drug-likeness (QED) is 0.0282. The van der Waals surface area contributed by atoms with Crippen LogP contribution in [0, 0.1) is 14.9 Å². The summed E-state index contributed by atoms with van der Waals surface area (Å²) in [6.45, 7) is 13.9. The molecule has 0 bridgehead atoms. The maximum Gasteiger partial charge on any atom is 2.00 e. The fourth-order valence-corrected chi connectivity index (χ4v) is 9.31. The van der Waals surface area contributed by atoms with Gasteiger partial charge < -0.3 is 20.4 Å². The smallest absolute Gasteiger partial charge is 0.493 e. The first-order valence-corrected chi connectivity index (χ1v) is 25.7. The van der Waals surface area contributed by atoms with Gasteiger partial charge in [-0.05, 0) is 124 Å². The normalized spacial score (nSPS) is 12.5. The Morgan fingerprint density at radius 3 is 0.787 bits per heavy atom. The summed E-state index contributed by atoms with van der Waals surface area (Å²) in [4.78, 5) is 0. The Bertz CT molecular complexity index is 1300. The minimum Gasteiger partial charge on any atom is -0.493 e. The third-order valence-electron chi connectivity index (χ3n) is 12.8. The predicted octanol–water partition coefficient (Wildman–Crippen LogP) is 19.7. The predicted molar refractivity (Wildman–Crippen MR) is 271 cm³/mol. The Hall–Kier alpha value is -1.82. The number of nitrogens with zero attached hydrogens (tertiary/aromatic N) is 2. The molecule has 0 aliphatic carbocycles. The molecule has 0 fully saturated rings. The van der Waals surface area contributed by atoms with Crippen LogP contribution in [0.4, 0.5) is 0 Å². The van der Waals surface area contributed by atoms with Crippen molar-refractivity contribution in [1.29, 1.82) is 0 Å². The van der Waals surface area contributed by atoms with Gasteiger partial charge in [-0.2, -0.15) is 0 Å². The van der Waals surface area contributed by atoms with Gasteiger partial charge in [0.05, 0.1) is 0 Å². The summed E-state index contributed by atoms with van der Waals surface area (Å²) >= 11 is 0. The topological polar surface area (TPSA) is 25.3 Å². The molecule has 1 aliphatic heterocycles. The van der Waals surface area contributed by atoms with Crippen molar-refractivity contribution >= 4 is 11.4 Å². The monoisotopic (exact) mass is 929 g/mol. The van der Waals surface area contributed by atoms with Crippen LogP contribution in [-0.2, 0) is 46.1 Å². The van der Waals surface area contributed by atoms with Gasteiger partial charge in [-0.3, -0.25) is 0 Å². The molecule has 0 N–H and O–H groups in total. The first kappa shape index (κ1) is 59.2. The van der Waals surface area contributed by atoms with E-state index < -0.39 is 0 Å². The molecule has 2 aromatic carbocycles. The maximum absolute atomic E-state index is 12.8. The van der Waals surface area contributed by atoms with Crippen molar-refractivity contribution in [3.63, 3.8) is 0 Å². The van der Waals surface area contributed by atoms with Gasteiger partial charge in [0.1, 0.15) is 0 Å². The molecule has 0 aromatic heterocycles. The van der Waals surface area contributed by atoms with Crippen molar-refractivity contribution < 1.29 is 25.1 Å². The Morgan fingerprint density at radius 1 is 0.311 bits per heavy atom. The molecule has 0 atom stereocenters. The number of allylic oxidation sites excluding steroid dienone is 2. The summed E-state index contributed by atoms with van der Waals surface area (Å²) in [5.41, 5.74) is 26.1. The van der Waals surface area contributed by atoms with Crippen molar-refractivity contribution in [2.75, 3.05) is 0 Å². The van der Waals surface area contributed by atoms with Crippen LogP contribution in [0.3, 0.4) is 0 Å². The van der Waals surface area contributed by atoms with Crippen LogP contribution >= 0.6 is 0 Å². The second kappa shape index (κ2) is 37.5. The summed E-state index contributed by atoms with van der Waals surface area (Å²) in [7, 11) is 0. The molecule has 2 nitrogen and oxygen atoms in total. The SMILES string of the molecule is CCCCCCCCc1cc(CCCCCCCC)cc(C2=C(CCCC)C(CCCC)=C(c3cc(CCCCCCCC)cc(CCCCCCCC)c3)[N+]2=[N-])c1.[CH3-].[CH3-].[Pd+2]. The fourth-order valence-electron chi connectivity index (χ4n) is 9.31. The summed E-state index contributed by atoms with van der Waals surface area (Å²) < 4.78 is 1.70. The summed E-state index contributed by atoms with van der Waals surface area (Å²) in [5.74, 6) is 0. The fraction of sp³-hybridized carbons (Fsp3) is 0.690. The van der Waals surface area contributed by atoms with E-state index in [4.69, 9.17) is 0 Å². The van der Waals surface area contributed by atoms with E-state index in [-0.39, 0.29) is 35.3 Å².